The van der Waals surface area contributed by atoms with Gasteiger partial charge in [-0.25, -0.2) is 9.97 Å². The topological polar surface area (TPSA) is 58.1 Å². The van der Waals surface area contributed by atoms with E-state index >= 15 is 0 Å². The van der Waals surface area contributed by atoms with E-state index in [-0.39, 0.29) is 5.91 Å². The summed E-state index contributed by atoms with van der Waals surface area (Å²) in [7, 11) is 3.74. The van der Waals surface area contributed by atoms with Crippen LogP contribution in [-0.4, -0.2) is 30.0 Å². The predicted octanol–water partition coefficient (Wildman–Crippen LogP) is 4.68. The number of thiazole rings is 1. The minimum atomic E-state index is -0.187. The van der Waals surface area contributed by atoms with Crippen molar-refractivity contribution in [3.63, 3.8) is 0 Å². The molecule has 0 aliphatic rings. The average Bonchev–Trinajstić information content (AvgIpc) is 3.12. The largest absolute Gasteiger partial charge is 0.362 e. The molecular weight excluding hydrogens is 356 g/mol. The zero-order valence-electron chi connectivity index (χ0n) is 15.0. The molecule has 0 unspecified atom stereocenters. The molecule has 0 saturated heterocycles. The quantitative estimate of drug-likeness (QED) is 0.564. The number of hydrogen-bond donors (Lipinski definition) is 1. The maximum atomic E-state index is 12.7. The fourth-order valence-corrected chi connectivity index (χ4v) is 3.82. The first-order valence-corrected chi connectivity index (χ1v) is 9.33. The van der Waals surface area contributed by atoms with Crippen LogP contribution in [0.1, 0.15) is 10.4 Å². The number of carbonyl (C=O) groups is 1. The molecule has 6 heteroatoms. The van der Waals surface area contributed by atoms with E-state index in [9.17, 15) is 4.79 Å². The van der Waals surface area contributed by atoms with Gasteiger partial charge in [0, 0.05) is 31.5 Å². The molecule has 0 atom stereocenters. The summed E-state index contributed by atoms with van der Waals surface area (Å²) in [6, 6.07) is 19.3. The maximum absolute atomic E-state index is 12.7. The first-order chi connectivity index (χ1) is 13.1. The summed E-state index contributed by atoms with van der Waals surface area (Å²) in [5.41, 5.74) is 3.23. The van der Waals surface area contributed by atoms with E-state index in [1.54, 1.807) is 29.7 Å². The molecule has 2 heterocycles. The lowest BCUT2D eigenvalue weighted by Crippen LogP contribution is -2.19. The van der Waals surface area contributed by atoms with Gasteiger partial charge in [0.25, 0.3) is 5.91 Å². The molecule has 4 aromatic rings. The van der Waals surface area contributed by atoms with Gasteiger partial charge >= 0.3 is 0 Å². The molecule has 0 aliphatic carbocycles. The number of amides is 1. The Morgan fingerprint density at radius 3 is 2.70 bits per heavy atom. The van der Waals surface area contributed by atoms with Crippen LogP contribution in [0.5, 0.6) is 0 Å². The molecule has 1 N–H and O–H groups in total. The summed E-state index contributed by atoms with van der Waals surface area (Å²) in [6.45, 7) is 0. The Bertz CT molecular complexity index is 1090. The zero-order chi connectivity index (χ0) is 18.8. The van der Waals surface area contributed by atoms with E-state index in [4.69, 9.17) is 0 Å². The first-order valence-electron chi connectivity index (χ1n) is 8.51. The Morgan fingerprint density at radius 1 is 1.04 bits per heavy atom. The summed E-state index contributed by atoms with van der Waals surface area (Å²) < 4.78 is 1.15. The van der Waals surface area contributed by atoms with Crippen LogP contribution in [0.2, 0.25) is 0 Å². The molecule has 2 aromatic carbocycles. The van der Waals surface area contributed by atoms with Gasteiger partial charge in [-0.15, -0.1) is 11.3 Å². The summed E-state index contributed by atoms with van der Waals surface area (Å²) in [4.78, 5) is 23.5. The molecule has 5 nitrogen and oxygen atoms in total. The smallest absolute Gasteiger partial charge is 0.259 e. The molecular formula is C21H18N4OS. The summed E-state index contributed by atoms with van der Waals surface area (Å²) in [5, 5.41) is 3.90. The number of para-hydroxylation sites is 1. The predicted molar refractivity (Wildman–Crippen MR) is 112 cm³/mol. The number of anilines is 2. The number of rotatable bonds is 4. The number of nitrogens with one attached hydrogen (secondary N) is 1. The second-order valence-electron chi connectivity index (χ2n) is 6.29. The maximum Gasteiger partial charge on any atom is 0.259 e. The lowest BCUT2D eigenvalue weighted by molar-refractivity contribution is 0.102. The Morgan fingerprint density at radius 2 is 1.89 bits per heavy atom. The van der Waals surface area contributed by atoms with Crippen molar-refractivity contribution in [3.8, 4) is 10.6 Å². The minimum absolute atomic E-state index is 0.187. The Balaban J connectivity index is 1.62. The monoisotopic (exact) mass is 374 g/mol. The van der Waals surface area contributed by atoms with Gasteiger partial charge in [0.15, 0.2) is 0 Å². The SMILES string of the molecule is CN(C)c1ncccc1C(=O)Nc1cccc(-c2nc3ccccc3s2)c1. The average molecular weight is 374 g/mol. The van der Waals surface area contributed by atoms with Gasteiger partial charge in [-0.05, 0) is 36.4 Å². The van der Waals surface area contributed by atoms with Gasteiger partial charge in [0.1, 0.15) is 10.8 Å². The number of hydrogen-bond acceptors (Lipinski definition) is 5. The normalized spacial score (nSPS) is 10.7. The fourth-order valence-electron chi connectivity index (χ4n) is 2.85. The van der Waals surface area contributed by atoms with E-state index in [1.165, 1.54) is 0 Å². The van der Waals surface area contributed by atoms with Gasteiger partial charge in [0.2, 0.25) is 0 Å². The third kappa shape index (κ3) is 3.52. The first kappa shape index (κ1) is 17.2. The van der Waals surface area contributed by atoms with Gasteiger partial charge in [-0.2, -0.15) is 0 Å². The van der Waals surface area contributed by atoms with Crippen molar-refractivity contribution >= 4 is 39.0 Å². The van der Waals surface area contributed by atoms with Gasteiger partial charge in [-0.1, -0.05) is 24.3 Å². The van der Waals surface area contributed by atoms with E-state index in [0.29, 0.717) is 11.4 Å². The highest BCUT2D eigenvalue weighted by atomic mass is 32.1. The highest BCUT2D eigenvalue weighted by Crippen LogP contribution is 2.31. The van der Waals surface area contributed by atoms with E-state index in [2.05, 4.69) is 21.4 Å². The lowest BCUT2D eigenvalue weighted by Gasteiger charge is -2.15. The van der Waals surface area contributed by atoms with Crippen LogP contribution in [-0.2, 0) is 0 Å². The van der Waals surface area contributed by atoms with Crippen molar-refractivity contribution in [1.29, 1.82) is 0 Å². The van der Waals surface area contributed by atoms with Crippen molar-refractivity contribution < 1.29 is 4.79 Å². The van der Waals surface area contributed by atoms with Gasteiger partial charge in [-0.3, -0.25) is 4.79 Å². The van der Waals surface area contributed by atoms with Crippen LogP contribution in [0.3, 0.4) is 0 Å². The van der Waals surface area contributed by atoms with Crippen molar-refractivity contribution in [3.05, 3.63) is 72.4 Å². The molecule has 27 heavy (non-hydrogen) atoms. The second-order valence-corrected chi connectivity index (χ2v) is 7.32. The van der Waals surface area contributed by atoms with Crippen LogP contribution in [0.4, 0.5) is 11.5 Å². The number of aromatic nitrogens is 2. The van der Waals surface area contributed by atoms with E-state index < -0.39 is 0 Å². The molecule has 4 rings (SSSR count). The van der Waals surface area contributed by atoms with Crippen LogP contribution in [0, 0.1) is 0 Å². The summed E-state index contributed by atoms with van der Waals surface area (Å²) >= 11 is 1.64. The summed E-state index contributed by atoms with van der Waals surface area (Å²) in [5.74, 6) is 0.450. The van der Waals surface area contributed by atoms with Crippen molar-refractivity contribution in [2.24, 2.45) is 0 Å². The standard InChI is InChI=1S/C21H18N4OS/c1-25(2)19-16(9-6-12-22-19)20(26)23-15-8-5-7-14(13-15)21-24-17-10-3-4-11-18(17)27-21/h3-13H,1-2H3,(H,23,26). The molecule has 0 bridgehead atoms. The minimum Gasteiger partial charge on any atom is -0.362 e. The third-order valence-corrected chi connectivity index (χ3v) is 5.20. The molecule has 0 saturated carbocycles. The molecule has 0 spiro atoms. The van der Waals surface area contributed by atoms with E-state index in [1.807, 2.05) is 61.5 Å². The number of nitrogens with zero attached hydrogens (tertiary/aromatic N) is 3. The number of benzene rings is 2. The summed E-state index contributed by atoms with van der Waals surface area (Å²) in [6.07, 6.45) is 1.68. The second kappa shape index (κ2) is 7.17. The van der Waals surface area contributed by atoms with Crippen LogP contribution in [0.25, 0.3) is 20.8 Å². The Hall–Kier alpha value is -3.25. The molecule has 1 amide bonds. The molecule has 2 aromatic heterocycles. The Kier molecular flexibility index (Phi) is 4.56. The molecule has 0 fully saturated rings. The van der Waals surface area contributed by atoms with Crippen molar-refractivity contribution in [1.82, 2.24) is 9.97 Å². The van der Waals surface area contributed by atoms with Crippen LogP contribution in [0.15, 0.2) is 66.9 Å². The highest BCUT2D eigenvalue weighted by molar-refractivity contribution is 7.21. The third-order valence-electron chi connectivity index (χ3n) is 4.12. The number of fused-ring (bicyclic) bond motifs is 1. The number of carbonyl (C=O) groups excluding carboxylic acids is 1. The molecule has 0 radical (unpaired) electrons. The van der Waals surface area contributed by atoms with Crippen molar-refractivity contribution in [2.45, 2.75) is 0 Å². The highest BCUT2D eigenvalue weighted by Gasteiger charge is 2.14. The van der Waals surface area contributed by atoms with Crippen molar-refractivity contribution in [2.75, 3.05) is 24.3 Å². The lowest BCUT2D eigenvalue weighted by atomic mass is 10.2. The molecule has 0 aliphatic heterocycles. The number of pyridine rings is 1. The van der Waals surface area contributed by atoms with Crippen LogP contribution >= 0.6 is 11.3 Å². The molecule has 134 valence electrons. The van der Waals surface area contributed by atoms with Gasteiger partial charge in [0.05, 0.1) is 15.8 Å². The van der Waals surface area contributed by atoms with E-state index in [0.717, 1.165) is 26.5 Å². The van der Waals surface area contributed by atoms with Gasteiger partial charge < -0.3 is 10.2 Å². The zero-order valence-corrected chi connectivity index (χ0v) is 15.8. The fraction of sp³-hybridized carbons (Fsp3) is 0.0952. The van der Waals surface area contributed by atoms with Crippen LogP contribution < -0.4 is 10.2 Å². The Labute approximate surface area is 161 Å².